The first-order chi connectivity index (χ1) is 16.7. The van der Waals surface area contributed by atoms with Crippen molar-refractivity contribution in [1.29, 1.82) is 0 Å². The Labute approximate surface area is 204 Å². The van der Waals surface area contributed by atoms with E-state index in [4.69, 9.17) is 14.1 Å². The highest BCUT2D eigenvalue weighted by atomic mass is 32.2. The van der Waals surface area contributed by atoms with Gasteiger partial charge < -0.3 is 14.2 Å². The standard InChI is InChI=1S/C25H22N2O6S2/c26-34(28,29)25-17-24(35(30,31)33-21-14-8-3-9-15-21)22(27-18-19-10-4-1-5-11-19)16-23(25)32-20-12-6-2-7-13-20/h1-17,27H,18H2,(H2,26,28,29). The van der Waals surface area contributed by atoms with Gasteiger partial charge in [-0.3, -0.25) is 0 Å². The Morgan fingerprint density at radius 3 is 1.80 bits per heavy atom. The molecule has 0 aliphatic rings. The van der Waals surface area contributed by atoms with E-state index < -0.39 is 29.9 Å². The molecule has 0 bridgehead atoms. The van der Waals surface area contributed by atoms with E-state index in [1.807, 2.05) is 30.3 Å². The smallest absolute Gasteiger partial charge is 0.341 e. The molecule has 4 rings (SSSR count). The predicted octanol–water partition coefficient (Wildman–Crippen LogP) is 4.51. The zero-order valence-electron chi connectivity index (χ0n) is 18.4. The first-order valence-corrected chi connectivity index (χ1v) is 13.4. The minimum atomic E-state index is -4.46. The van der Waals surface area contributed by atoms with Gasteiger partial charge in [0.25, 0.3) is 0 Å². The Kier molecular flexibility index (Phi) is 7.06. The van der Waals surface area contributed by atoms with Crippen LogP contribution >= 0.6 is 0 Å². The lowest BCUT2D eigenvalue weighted by Gasteiger charge is -2.17. The van der Waals surface area contributed by atoms with Crippen molar-refractivity contribution in [3.05, 3.63) is 109 Å². The van der Waals surface area contributed by atoms with Gasteiger partial charge in [0, 0.05) is 12.6 Å². The van der Waals surface area contributed by atoms with Crippen LogP contribution in [0.15, 0.2) is 113 Å². The summed E-state index contributed by atoms with van der Waals surface area (Å²) < 4.78 is 62.4. The van der Waals surface area contributed by atoms with Crippen molar-refractivity contribution in [3.63, 3.8) is 0 Å². The fourth-order valence-electron chi connectivity index (χ4n) is 3.24. The zero-order chi connectivity index (χ0) is 24.9. The van der Waals surface area contributed by atoms with Crippen LogP contribution in [-0.4, -0.2) is 16.8 Å². The normalized spacial score (nSPS) is 11.6. The third kappa shape index (κ3) is 6.18. The molecule has 10 heteroatoms. The Balaban J connectivity index is 1.83. The number of rotatable bonds is 9. The summed E-state index contributed by atoms with van der Waals surface area (Å²) in [6.45, 7) is 0.258. The number of ether oxygens (including phenoxy) is 1. The predicted molar refractivity (Wildman–Crippen MR) is 132 cm³/mol. The van der Waals surface area contributed by atoms with Gasteiger partial charge in [-0.2, -0.15) is 8.42 Å². The molecule has 4 aromatic rings. The molecule has 0 amide bonds. The molecule has 0 atom stereocenters. The lowest BCUT2D eigenvalue weighted by molar-refractivity contribution is 0.465. The van der Waals surface area contributed by atoms with Crippen LogP contribution in [-0.2, 0) is 26.7 Å². The van der Waals surface area contributed by atoms with Gasteiger partial charge in [0.1, 0.15) is 27.0 Å². The summed E-state index contributed by atoms with van der Waals surface area (Å²) in [4.78, 5) is -0.899. The lowest BCUT2D eigenvalue weighted by Crippen LogP contribution is -2.18. The molecule has 4 aromatic carbocycles. The Bertz CT molecular complexity index is 1510. The topological polar surface area (TPSA) is 125 Å². The first-order valence-electron chi connectivity index (χ1n) is 10.4. The van der Waals surface area contributed by atoms with Crippen molar-refractivity contribution in [3.8, 4) is 17.2 Å². The second-order valence-corrected chi connectivity index (χ2v) is 10.5. The third-order valence-electron chi connectivity index (χ3n) is 4.87. The summed E-state index contributed by atoms with van der Waals surface area (Å²) in [6, 6.07) is 27.9. The molecule has 0 fully saturated rings. The average Bonchev–Trinajstić information content (AvgIpc) is 2.83. The molecule has 0 saturated carbocycles. The van der Waals surface area contributed by atoms with Gasteiger partial charge in [0.2, 0.25) is 10.0 Å². The Morgan fingerprint density at radius 1 is 0.686 bits per heavy atom. The average molecular weight is 511 g/mol. The molecule has 0 aliphatic carbocycles. The molecule has 0 spiro atoms. The van der Waals surface area contributed by atoms with E-state index in [2.05, 4.69) is 5.32 Å². The second-order valence-electron chi connectivity index (χ2n) is 7.44. The minimum absolute atomic E-state index is 0.0725. The largest absolute Gasteiger partial charge is 0.456 e. The molecular formula is C25H22N2O6S2. The molecule has 0 aliphatic heterocycles. The number of primary sulfonamides is 1. The highest BCUT2D eigenvalue weighted by Gasteiger charge is 2.28. The molecule has 3 N–H and O–H groups in total. The molecule has 0 unspecified atom stereocenters. The second kappa shape index (κ2) is 10.2. The molecule has 0 aromatic heterocycles. The number of sulfonamides is 1. The number of hydrogen-bond donors (Lipinski definition) is 2. The van der Waals surface area contributed by atoms with Crippen molar-refractivity contribution in [2.75, 3.05) is 5.32 Å². The third-order valence-corrected chi connectivity index (χ3v) is 7.09. The monoisotopic (exact) mass is 510 g/mol. The summed E-state index contributed by atoms with van der Waals surface area (Å²) in [5.41, 5.74) is 0.962. The first kappa shape index (κ1) is 24.3. The fraction of sp³-hybridized carbons (Fsp3) is 0.0400. The molecular weight excluding hydrogens is 488 g/mol. The van der Waals surface area contributed by atoms with E-state index in [0.717, 1.165) is 11.6 Å². The van der Waals surface area contributed by atoms with Crippen LogP contribution in [0.2, 0.25) is 0 Å². The number of para-hydroxylation sites is 2. The molecule has 8 nitrogen and oxygen atoms in total. The quantitative estimate of drug-likeness (QED) is 0.318. The van der Waals surface area contributed by atoms with Gasteiger partial charge in [-0.05, 0) is 35.9 Å². The van der Waals surface area contributed by atoms with Crippen LogP contribution < -0.4 is 19.4 Å². The van der Waals surface area contributed by atoms with Crippen molar-refractivity contribution in [2.45, 2.75) is 16.3 Å². The van der Waals surface area contributed by atoms with Crippen LogP contribution in [0.4, 0.5) is 5.69 Å². The minimum Gasteiger partial charge on any atom is -0.456 e. The van der Waals surface area contributed by atoms with Gasteiger partial charge in [-0.1, -0.05) is 66.7 Å². The van der Waals surface area contributed by atoms with E-state index in [0.29, 0.717) is 5.75 Å². The maximum Gasteiger partial charge on any atom is 0.341 e. The van der Waals surface area contributed by atoms with Crippen molar-refractivity contribution in [1.82, 2.24) is 0 Å². The number of anilines is 1. The summed E-state index contributed by atoms with van der Waals surface area (Å²) >= 11 is 0. The number of benzene rings is 4. The van der Waals surface area contributed by atoms with E-state index in [9.17, 15) is 16.8 Å². The number of nitrogens with two attached hydrogens (primary N) is 1. The van der Waals surface area contributed by atoms with E-state index in [-0.39, 0.29) is 23.7 Å². The van der Waals surface area contributed by atoms with Crippen molar-refractivity contribution >= 4 is 25.8 Å². The molecule has 180 valence electrons. The fourth-order valence-corrected chi connectivity index (χ4v) is 5.10. The van der Waals surface area contributed by atoms with E-state index in [1.54, 1.807) is 48.5 Å². The van der Waals surface area contributed by atoms with Gasteiger partial charge in [0.05, 0.1) is 5.69 Å². The highest BCUT2D eigenvalue weighted by Crippen LogP contribution is 2.37. The highest BCUT2D eigenvalue weighted by molar-refractivity contribution is 7.89. The van der Waals surface area contributed by atoms with Gasteiger partial charge in [-0.15, -0.1) is 0 Å². The maximum absolute atomic E-state index is 13.2. The molecule has 0 radical (unpaired) electrons. The van der Waals surface area contributed by atoms with E-state index in [1.165, 1.54) is 18.2 Å². The van der Waals surface area contributed by atoms with Crippen LogP contribution in [0, 0.1) is 0 Å². The van der Waals surface area contributed by atoms with Crippen molar-refractivity contribution < 1.29 is 25.8 Å². The maximum atomic E-state index is 13.2. The number of hydrogen-bond acceptors (Lipinski definition) is 7. The SMILES string of the molecule is NS(=O)(=O)c1cc(S(=O)(=O)Oc2ccccc2)c(NCc2ccccc2)cc1Oc1ccccc1. The van der Waals surface area contributed by atoms with Crippen LogP contribution in [0.5, 0.6) is 17.2 Å². The van der Waals surface area contributed by atoms with E-state index >= 15 is 0 Å². The van der Waals surface area contributed by atoms with Gasteiger partial charge in [-0.25, -0.2) is 13.6 Å². The van der Waals surface area contributed by atoms with Crippen LogP contribution in [0.1, 0.15) is 5.56 Å². The molecule has 0 heterocycles. The van der Waals surface area contributed by atoms with Gasteiger partial charge >= 0.3 is 10.1 Å². The summed E-state index contributed by atoms with van der Waals surface area (Å²) in [5.74, 6) is 0.291. The summed E-state index contributed by atoms with van der Waals surface area (Å²) in [6.07, 6.45) is 0. The molecule has 35 heavy (non-hydrogen) atoms. The Morgan fingerprint density at radius 2 is 1.23 bits per heavy atom. The van der Waals surface area contributed by atoms with Crippen molar-refractivity contribution in [2.24, 2.45) is 5.14 Å². The Hall–Kier alpha value is -3.86. The lowest BCUT2D eigenvalue weighted by atomic mass is 10.2. The van der Waals surface area contributed by atoms with Gasteiger partial charge in [0.15, 0.2) is 0 Å². The van der Waals surface area contributed by atoms with Crippen LogP contribution in [0.3, 0.4) is 0 Å². The number of nitrogens with one attached hydrogen (secondary N) is 1. The van der Waals surface area contributed by atoms with Crippen LogP contribution in [0.25, 0.3) is 0 Å². The summed E-state index contributed by atoms with van der Waals surface area (Å²) in [7, 11) is -8.82. The summed E-state index contributed by atoms with van der Waals surface area (Å²) in [5, 5.41) is 8.48. The zero-order valence-corrected chi connectivity index (χ0v) is 20.0. The molecule has 0 saturated heterocycles.